The van der Waals surface area contributed by atoms with Crippen molar-refractivity contribution in [2.24, 2.45) is 0 Å². The van der Waals surface area contributed by atoms with Gasteiger partial charge in [-0.2, -0.15) is 0 Å². The zero-order chi connectivity index (χ0) is 14.7. The molecule has 0 unspecified atom stereocenters. The topological polar surface area (TPSA) is 69.4 Å². The van der Waals surface area contributed by atoms with Crippen molar-refractivity contribution in [2.45, 2.75) is 0 Å². The summed E-state index contributed by atoms with van der Waals surface area (Å²) < 4.78 is 18.8. The first-order chi connectivity index (χ1) is 9.49. The molecule has 0 bridgehead atoms. The lowest BCUT2D eigenvalue weighted by Gasteiger charge is -2.08. The van der Waals surface area contributed by atoms with Crippen LogP contribution < -0.4 is 4.74 Å². The molecule has 20 heavy (non-hydrogen) atoms. The Kier molecular flexibility index (Phi) is 4.09. The Morgan fingerprint density at radius 3 is 2.65 bits per heavy atom. The fourth-order valence-electron chi connectivity index (χ4n) is 1.54. The van der Waals surface area contributed by atoms with E-state index in [1.165, 1.54) is 24.3 Å². The molecule has 5 nitrogen and oxygen atoms in total. The molecular weight excluding hydrogens is 333 g/mol. The second kappa shape index (κ2) is 5.79. The number of ether oxygens (including phenoxy) is 1. The number of non-ortho nitro benzene ring substituents is 1. The summed E-state index contributed by atoms with van der Waals surface area (Å²) in [7, 11) is 0. The van der Waals surface area contributed by atoms with Gasteiger partial charge in [-0.15, -0.1) is 0 Å². The highest BCUT2D eigenvalue weighted by molar-refractivity contribution is 9.10. The minimum atomic E-state index is -0.570. The van der Waals surface area contributed by atoms with Gasteiger partial charge in [-0.3, -0.25) is 14.9 Å². The minimum Gasteiger partial charge on any atom is -0.456 e. The molecule has 0 aliphatic heterocycles. The molecule has 0 atom stereocenters. The maximum absolute atomic E-state index is 13.0. The van der Waals surface area contributed by atoms with Crippen LogP contribution in [0.1, 0.15) is 10.4 Å². The van der Waals surface area contributed by atoms with Crippen LogP contribution in [0, 0.1) is 15.9 Å². The molecule has 0 saturated heterocycles. The number of aldehydes is 1. The summed E-state index contributed by atoms with van der Waals surface area (Å²) in [4.78, 5) is 21.0. The fourth-order valence-corrected chi connectivity index (χ4v) is 2.00. The first-order valence-corrected chi connectivity index (χ1v) is 6.16. The molecule has 0 radical (unpaired) electrons. The van der Waals surface area contributed by atoms with Gasteiger partial charge in [-0.05, 0) is 24.3 Å². The molecule has 0 fully saturated rings. The molecule has 2 aromatic carbocycles. The highest BCUT2D eigenvalue weighted by atomic mass is 79.9. The maximum atomic E-state index is 13.0. The van der Waals surface area contributed by atoms with Gasteiger partial charge in [0.1, 0.15) is 17.3 Å². The first kappa shape index (κ1) is 14.1. The van der Waals surface area contributed by atoms with E-state index in [1.54, 1.807) is 0 Å². The predicted molar refractivity (Wildman–Crippen MR) is 72.7 cm³/mol. The van der Waals surface area contributed by atoms with Crippen molar-refractivity contribution in [2.75, 3.05) is 0 Å². The third-order valence-corrected chi connectivity index (χ3v) is 2.85. The standard InChI is InChI=1S/C13H7BrFNO4/c14-9-4-11(16(18)19)6-12(5-9)20-13-2-1-10(15)3-8(13)7-17/h1-7H. The molecule has 102 valence electrons. The van der Waals surface area contributed by atoms with Crippen LogP contribution in [0.4, 0.5) is 10.1 Å². The molecule has 0 aliphatic rings. The number of rotatable bonds is 4. The van der Waals surface area contributed by atoms with Crippen molar-refractivity contribution in [1.29, 1.82) is 0 Å². The second-order valence-corrected chi connectivity index (χ2v) is 4.72. The monoisotopic (exact) mass is 339 g/mol. The molecule has 0 saturated carbocycles. The van der Waals surface area contributed by atoms with E-state index in [4.69, 9.17) is 4.74 Å². The summed E-state index contributed by atoms with van der Waals surface area (Å²) in [5, 5.41) is 10.7. The van der Waals surface area contributed by atoms with Gasteiger partial charge in [-0.25, -0.2) is 4.39 Å². The van der Waals surface area contributed by atoms with Crippen molar-refractivity contribution >= 4 is 27.9 Å². The molecule has 0 amide bonds. The second-order valence-electron chi connectivity index (χ2n) is 3.80. The number of nitro benzene ring substituents is 1. The zero-order valence-electron chi connectivity index (χ0n) is 9.88. The Labute approximate surface area is 121 Å². The van der Waals surface area contributed by atoms with Crippen molar-refractivity contribution in [3.63, 3.8) is 0 Å². The van der Waals surface area contributed by atoms with E-state index >= 15 is 0 Å². The van der Waals surface area contributed by atoms with Crippen LogP contribution in [0.25, 0.3) is 0 Å². The number of hydrogen-bond acceptors (Lipinski definition) is 4. The Hall–Kier alpha value is -2.28. The summed E-state index contributed by atoms with van der Waals surface area (Å²) >= 11 is 3.13. The van der Waals surface area contributed by atoms with Gasteiger partial charge in [0.15, 0.2) is 6.29 Å². The van der Waals surface area contributed by atoms with E-state index < -0.39 is 10.7 Å². The average Bonchev–Trinajstić information content (AvgIpc) is 2.40. The molecule has 7 heteroatoms. The lowest BCUT2D eigenvalue weighted by molar-refractivity contribution is -0.385. The number of halogens is 2. The van der Waals surface area contributed by atoms with Gasteiger partial charge >= 0.3 is 0 Å². The summed E-state index contributed by atoms with van der Waals surface area (Å²) in [6.07, 6.45) is 0.449. The van der Waals surface area contributed by atoms with Gasteiger partial charge in [0.25, 0.3) is 5.69 Å². The molecule has 0 aromatic heterocycles. The van der Waals surface area contributed by atoms with E-state index in [0.717, 1.165) is 12.1 Å². The van der Waals surface area contributed by atoms with Crippen LogP contribution in [-0.2, 0) is 0 Å². The SMILES string of the molecule is O=Cc1cc(F)ccc1Oc1cc(Br)cc([N+](=O)[O-])c1. The van der Waals surface area contributed by atoms with Gasteiger partial charge in [0, 0.05) is 10.5 Å². The van der Waals surface area contributed by atoms with Crippen molar-refractivity contribution in [3.8, 4) is 11.5 Å². The van der Waals surface area contributed by atoms with Crippen molar-refractivity contribution in [3.05, 3.63) is 62.4 Å². The number of hydrogen-bond donors (Lipinski definition) is 0. The minimum absolute atomic E-state index is 0.0210. The zero-order valence-corrected chi connectivity index (χ0v) is 11.5. The lowest BCUT2D eigenvalue weighted by Crippen LogP contribution is -1.93. The molecule has 2 aromatic rings. The van der Waals surface area contributed by atoms with E-state index in [0.29, 0.717) is 10.8 Å². The van der Waals surface area contributed by atoms with E-state index in [9.17, 15) is 19.3 Å². The average molecular weight is 340 g/mol. The Balaban J connectivity index is 2.39. The summed E-state index contributed by atoms with van der Waals surface area (Å²) in [6.45, 7) is 0. The third kappa shape index (κ3) is 3.18. The highest BCUT2D eigenvalue weighted by Gasteiger charge is 2.12. The molecule has 0 heterocycles. The van der Waals surface area contributed by atoms with Crippen molar-refractivity contribution in [1.82, 2.24) is 0 Å². The smallest absolute Gasteiger partial charge is 0.274 e. The number of carbonyl (C=O) groups excluding carboxylic acids is 1. The van der Waals surface area contributed by atoms with Gasteiger partial charge < -0.3 is 4.74 Å². The maximum Gasteiger partial charge on any atom is 0.274 e. The lowest BCUT2D eigenvalue weighted by atomic mass is 10.2. The summed E-state index contributed by atoms with van der Waals surface area (Å²) in [5.74, 6) is -0.283. The largest absolute Gasteiger partial charge is 0.456 e. The number of carbonyl (C=O) groups is 1. The van der Waals surface area contributed by atoms with Crippen LogP contribution in [-0.4, -0.2) is 11.2 Å². The van der Waals surface area contributed by atoms with Crippen LogP contribution in [0.2, 0.25) is 0 Å². The Bertz CT molecular complexity index is 690. The highest BCUT2D eigenvalue weighted by Crippen LogP contribution is 2.31. The predicted octanol–water partition coefficient (Wildman–Crippen LogP) is 4.10. The molecular formula is C13H7BrFNO4. The molecule has 0 aliphatic carbocycles. The van der Waals surface area contributed by atoms with Crippen LogP contribution in [0.5, 0.6) is 11.5 Å². The Morgan fingerprint density at radius 2 is 2.00 bits per heavy atom. The van der Waals surface area contributed by atoms with E-state index in [2.05, 4.69) is 15.9 Å². The number of benzene rings is 2. The van der Waals surface area contributed by atoms with E-state index in [-0.39, 0.29) is 22.7 Å². The van der Waals surface area contributed by atoms with E-state index in [1.807, 2.05) is 0 Å². The van der Waals surface area contributed by atoms with Crippen LogP contribution in [0.15, 0.2) is 40.9 Å². The molecule has 0 N–H and O–H groups in total. The number of nitrogens with zero attached hydrogens (tertiary/aromatic N) is 1. The molecule has 2 rings (SSSR count). The quantitative estimate of drug-likeness (QED) is 0.477. The molecule has 0 spiro atoms. The summed E-state index contributed by atoms with van der Waals surface area (Å²) in [6, 6.07) is 7.47. The summed E-state index contributed by atoms with van der Waals surface area (Å²) in [5.41, 5.74) is -0.142. The van der Waals surface area contributed by atoms with Gasteiger partial charge in [0.2, 0.25) is 0 Å². The van der Waals surface area contributed by atoms with Crippen molar-refractivity contribution < 1.29 is 18.8 Å². The number of nitro groups is 1. The third-order valence-electron chi connectivity index (χ3n) is 2.39. The fraction of sp³-hybridized carbons (Fsp3) is 0. The van der Waals surface area contributed by atoms with Gasteiger partial charge in [-0.1, -0.05) is 15.9 Å². The Morgan fingerprint density at radius 1 is 1.25 bits per heavy atom. The first-order valence-electron chi connectivity index (χ1n) is 5.37. The van der Waals surface area contributed by atoms with Crippen LogP contribution in [0.3, 0.4) is 0 Å². The normalized spacial score (nSPS) is 10.1. The van der Waals surface area contributed by atoms with Gasteiger partial charge in [0.05, 0.1) is 16.6 Å². The van der Waals surface area contributed by atoms with Crippen LogP contribution >= 0.6 is 15.9 Å².